The third kappa shape index (κ3) is 5.70. The molecule has 5 heteroatoms. The van der Waals surface area contributed by atoms with Crippen molar-refractivity contribution < 1.29 is 0 Å². The Morgan fingerprint density at radius 3 is 2.36 bits per heavy atom. The van der Waals surface area contributed by atoms with Crippen LogP contribution >= 0.6 is 23.8 Å². The molecular weight excluding hydrogens is 350 g/mol. The number of piperidine rings is 1. The van der Waals surface area contributed by atoms with Crippen LogP contribution in [0.25, 0.3) is 0 Å². The number of likely N-dealkylation sites (tertiary alicyclic amines) is 1. The molecule has 25 heavy (non-hydrogen) atoms. The fourth-order valence-corrected chi connectivity index (χ4v) is 3.48. The number of nitrogens with one attached hydrogen (secondary N) is 2. The largest absolute Gasteiger partial charge is 0.360 e. The molecular formula is C20H24ClN3S. The van der Waals surface area contributed by atoms with Crippen LogP contribution in [0.3, 0.4) is 0 Å². The van der Waals surface area contributed by atoms with E-state index < -0.39 is 0 Å². The van der Waals surface area contributed by atoms with Crippen LogP contribution < -0.4 is 10.6 Å². The first-order valence-corrected chi connectivity index (χ1v) is 9.48. The fraction of sp³-hybridized carbons (Fsp3) is 0.350. The summed E-state index contributed by atoms with van der Waals surface area (Å²) >= 11 is 11.4. The van der Waals surface area contributed by atoms with E-state index in [-0.39, 0.29) is 0 Å². The van der Waals surface area contributed by atoms with E-state index in [1.54, 1.807) is 0 Å². The zero-order valence-corrected chi connectivity index (χ0v) is 16.0. The van der Waals surface area contributed by atoms with Crippen molar-refractivity contribution in [2.24, 2.45) is 0 Å². The highest BCUT2D eigenvalue weighted by Crippen LogP contribution is 2.16. The topological polar surface area (TPSA) is 27.3 Å². The average molecular weight is 374 g/mol. The number of rotatable bonds is 4. The van der Waals surface area contributed by atoms with E-state index in [0.717, 1.165) is 43.2 Å². The minimum absolute atomic E-state index is 0.437. The van der Waals surface area contributed by atoms with Crippen LogP contribution in [0.5, 0.6) is 0 Å². The molecule has 0 amide bonds. The van der Waals surface area contributed by atoms with E-state index in [0.29, 0.717) is 11.2 Å². The molecule has 0 radical (unpaired) electrons. The Morgan fingerprint density at radius 1 is 1.08 bits per heavy atom. The second kappa shape index (κ2) is 8.65. The van der Waals surface area contributed by atoms with Gasteiger partial charge in [-0.3, -0.25) is 4.90 Å². The summed E-state index contributed by atoms with van der Waals surface area (Å²) in [7, 11) is 0. The lowest BCUT2D eigenvalue weighted by molar-refractivity contribution is 0.199. The van der Waals surface area contributed by atoms with Gasteiger partial charge in [-0.25, -0.2) is 0 Å². The van der Waals surface area contributed by atoms with Crippen molar-refractivity contribution in [1.29, 1.82) is 0 Å². The summed E-state index contributed by atoms with van der Waals surface area (Å²) in [5.41, 5.74) is 3.59. The first-order valence-electron chi connectivity index (χ1n) is 8.69. The Labute approximate surface area is 160 Å². The number of anilines is 1. The van der Waals surface area contributed by atoms with Gasteiger partial charge >= 0.3 is 0 Å². The van der Waals surface area contributed by atoms with Crippen LogP contribution in [-0.4, -0.2) is 29.1 Å². The van der Waals surface area contributed by atoms with Gasteiger partial charge in [0.15, 0.2) is 5.11 Å². The van der Waals surface area contributed by atoms with Crippen LogP contribution in [0.2, 0.25) is 5.02 Å². The van der Waals surface area contributed by atoms with Crippen LogP contribution in [0.1, 0.15) is 24.0 Å². The molecule has 2 aromatic carbocycles. The SMILES string of the molecule is Cc1ccc(NC(=S)NC2CCN(Cc3ccc(Cl)cc3)CC2)cc1. The molecule has 0 aromatic heterocycles. The molecule has 0 spiro atoms. The Morgan fingerprint density at radius 2 is 1.72 bits per heavy atom. The third-order valence-electron chi connectivity index (χ3n) is 4.55. The van der Waals surface area contributed by atoms with Gasteiger partial charge in [0.05, 0.1) is 0 Å². The van der Waals surface area contributed by atoms with E-state index >= 15 is 0 Å². The number of thiocarbonyl (C=S) groups is 1. The first-order chi connectivity index (χ1) is 12.1. The Hall–Kier alpha value is -1.62. The molecule has 0 saturated carbocycles. The zero-order chi connectivity index (χ0) is 17.6. The van der Waals surface area contributed by atoms with E-state index in [1.165, 1.54) is 11.1 Å². The molecule has 1 heterocycles. The molecule has 0 bridgehead atoms. The highest BCUT2D eigenvalue weighted by atomic mass is 35.5. The van der Waals surface area contributed by atoms with Gasteiger partial charge in [0.25, 0.3) is 0 Å². The summed E-state index contributed by atoms with van der Waals surface area (Å²) in [6, 6.07) is 16.8. The molecule has 1 saturated heterocycles. The molecule has 1 fully saturated rings. The van der Waals surface area contributed by atoms with Gasteiger partial charge < -0.3 is 10.6 Å². The van der Waals surface area contributed by atoms with Crippen molar-refractivity contribution in [2.45, 2.75) is 32.4 Å². The van der Waals surface area contributed by atoms with Crippen molar-refractivity contribution in [3.8, 4) is 0 Å². The molecule has 0 atom stereocenters. The van der Waals surface area contributed by atoms with E-state index in [9.17, 15) is 0 Å². The minimum Gasteiger partial charge on any atom is -0.360 e. The summed E-state index contributed by atoms with van der Waals surface area (Å²) in [5, 5.41) is 8.22. The quantitative estimate of drug-likeness (QED) is 0.766. The third-order valence-corrected chi connectivity index (χ3v) is 5.02. The molecule has 0 aliphatic carbocycles. The number of benzene rings is 2. The molecule has 3 rings (SSSR count). The van der Waals surface area contributed by atoms with Gasteiger partial charge in [-0.05, 0) is 61.8 Å². The van der Waals surface area contributed by atoms with Gasteiger partial charge in [0.1, 0.15) is 0 Å². The lowest BCUT2D eigenvalue weighted by Gasteiger charge is -2.33. The smallest absolute Gasteiger partial charge is 0.170 e. The minimum atomic E-state index is 0.437. The molecule has 2 aromatic rings. The van der Waals surface area contributed by atoms with Crippen molar-refractivity contribution in [1.82, 2.24) is 10.2 Å². The van der Waals surface area contributed by atoms with Crippen molar-refractivity contribution >= 4 is 34.6 Å². The lowest BCUT2D eigenvalue weighted by atomic mass is 10.0. The summed E-state index contributed by atoms with van der Waals surface area (Å²) in [6.45, 7) is 5.22. The van der Waals surface area contributed by atoms with Crippen LogP contribution in [0.4, 0.5) is 5.69 Å². The number of hydrogen-bond acceptors (Lipinski definition) is 2. The zero-order valence-electron chi connectivity index (χ0n) is 14.5. The first kappa shape index (κ1) is 18.2. The van der Waals surface area contributed by atoms with Crippen molar-refractivity contribution in [3.63, 3.8) is 0 Å². The normalized spacial score (nSPS) is 15.8. The Balaban J connectivity index is 1.42. The summed E-state index contributed by atoms with van der Waals surface area (Å²) in [5.74, 6) is 0. The monoisotopic (exact) mass is 373 g/mol. The molecule has 1 aliphatic rings. The second-order valence-corrected chi connectivity index (χ2v) is 7.49. The maximum Gasteiger partial charge on any atom is 0.170 e. The maximum atomic E-state index is 5.95. The van der Waals surface area contributed by atoms with E-state index in [4.69, 9.17) is 23.8 Å². The molecule has 132 valence electrons. The highest BCUT2D eigenvalue weighted by molar-refractivity contribution is 7.80. The number of halogens is 1. The number of hydrogen-bond donors (Lipinski definition) is 2. The second-order valence-electron chi connectivity index (χ2n) is 6.64. The molecule has 3 nitrogen and oxygen atoms in total. The van der Waals surface area contributed by atoms with Crippen LogP contribution in [0, 0.1) is 6.92 Å². The number of nitrogens with zero attached hydrogens (tertiary/aromatic N) is 1. The lowest BCUT2D eigenvalue weighted by Crippen LogP contribution is -2.45. The van der Waals surface area contributed by atoms with Crippen molar-refractivity contribution in [3.05, 3.63) is 64.7 Å². The van der Waals surface area contributed by atoms with Gasteiger partial charge in [-0.2, -0.15) is 0 Å². The van der Waals surface area contributed by atoms with Crippen LogP contribution in [0.15, 0.2) is 48.5 Å². The Bertz CT molecular complexity index is 692. The summed E-state index contributed by atoms with van der Waals surface area (Å²) < 4.78 is 0. The number of aryl methyl sites for hydroxylation is 1. The molecule has 1 aliphatic heterocycles. The van der Waals surface area contributed by atoms with Gasteiger partial charge in [-0.1, -0.05) is 41.4 Å². The Kier molecular flexibility index (Phi) is 6.29. The maximum absolute atomic E-state index is 5.95. The molecule has 0 unspecified atom stereocenters. The van der Waals surface area contributed by atoms with Gasteiger partial charge in [0.2, 0.25) is 0 Å². The van der Waals surface area contributed by atoms with Crippen LogP contribution in [-0.2, 0) is 6.54 Å². The average Bonchev–Trinajstić information content (AvgIpc) is 2.61. The van der Waals surface area contributed by atoms with Gasteiger partial charge in [-0.15, -0.1) is 0 Å². The van der Waals surface area contributed by atoms with Gasteiger partial charge in [0, 0.05) is 36.4 Å². The fourth-order valence-electron chi connectivity index (χ4n) is 3.07. The van der Waals surface area contributed by atoms with E-state index in [1.807, 2.05) is 12.1 Å². The van der Waals surface area contributed by atoms with E-state index in [2.05, 4.69) is 58.9 Å². The predicted molar refractivity (Wildman–Crippen MR) is 110 cm³/mol. The standard InChI is InChI=1S/C20H24ClN3S/c1-15-2-8-18(9-3-15)22-20(25)23-19-10-12-24(13-11-19)14-16-4-6-17(21)7-5-16/h2-9,19H,10-14H2,1H3,(H2,22,23,25). The highest BCUT2D eigenvalue weighted by Gasteiger charge is 2.19. The summed E-state index contributed by atoms with van der Waals surface area (Å²) in [4.78, 5) is 2.48. The van der Waals surface area contributed by atoms with Crippen molar-refractivity contribution in [2.75, 3.05) is 18.4 Å². The summed E-state index contributed by atoms with van der Waals surface area (Å²) in [6.07, 6.45) is 2.20. The predicted octanol–water partition coefficient (Wildman–Crippen LogP) is 4.60. The molecule has 2 N–H and O–H groups in total.